The van der Waals surface area contributed by atoms with E-state index < -0.39 is 10.9 Å². The van der Waals surface area contributed by atoms with Gasteiger partial charge in [-0.05, 0) is 31.7 Å². The van der Waals surface area contributed by atoms with Gasteiger partial charge < -0.3 is 4.74 Å². The molecule has 0 bridgehead atoms. The zero-order valence-corrected chi connectivity index (χ0v) is 10.0. The fourth-order valence-electron chi connectivity index (χ4n) is 2.20. The highest BCUT2D eigenvalue weighted by Gasteiger charge is 2.24. The van der Waals surface area contributed by atoms with E-state index in [2.05, 4.69) is 0 Å². The van der Waals surface area contributed by atoms with Crippen molar-refractivity contribution in [3.05, 3.63) is 39.9 Å². The van der Waals surface area contributed by atoms with E-state index in [4.69, 9.17) is 4.74 Å². The molecule has 0 amide bonds. The zero-order valence-electron chi connectivity index (χ0n) is 10.0. The Bertz CT molecular complexity index is 452. The Morgan fingerprint density at radius 1 is 1.22 bits per heavy atom. The molecule has 0 unspecified atom stereocenters. The van der Waals surface area contributed by atoms with Crippen LogP contribution in [0.4, 0.5) is 5.69 Å². The van der Waals surface area contributed by atoms with Gasteiger partial charge in [0.25, 0.3) is 5.69 Å². The lowest BCUT2D eigenvalue weighted by atomic mass is 9.98. The number of hydrogen-bond acceptors (Lipinski definition) is 4. The average Bonchev–Trinajstić information content (AvgIpc) is 2.40. The summed E-state index contributed by atoms with van der Waals surface area (Å²) in [7, 11) is 0. The van der Waals surface area contributed by atoms with Crippen molar-refractivity contribution >= 4 is 11.7 Å². The standard InChI is InChI=1S/C13H15NO4/c15-13(18-10-6-2-1-3-7-10)11-8-4-5-9-12(11)14(16)17/h4-5,8-10H,1-3,6-7H2. The summed E-state index contributed by atoms with van der Waals surface area (Å²) >= 11 is 0. The minimum Gasteiger partial charge on any atom is -0.459 e. The van der Waals surface area contributed by atoms with Gasteiger partial charge in [0.1, 0.15) is 11.7 Å². The van der Waals surface area contributed by atoms with Crippen molar-refractivity contribution in [1.29, 1.82) is 0 Å². The summed E-state index contributed by atoms with van der Waals surface area (Å²) in [6, 6.07) is 5.89. The second-order valence-electron chi connectivity index (χ2n) is 4.44. The van der Waals surface area contributed by atoms with E-state index in [-0.39, 0.29) is 17.4 Å². The first-order valence-corrected chi connectivity index (χ1v) is 6.13. The molecule has 1 aromatic carbocycles. The maximum absolute atomic E-state index is 11.9. The van der Waals surface area contributed by atoms with Crippen molar-refractivity contribution in [2.24, 2.45) is 0 Å². The summed E-state index contributed by atoms with van der Waals surface area (Å²) in [4.78, 5) is 22.2. The Morgan fingerprint density at radius 3 is 2.56 bits per heavy atom. The number of para-hydroxylation sites is 1. The van der Waals surface area contributed by atoms with Gasteiger partial charge in [-0.3, -0.25) is 10.1 Å². The van der Waals surface area contributed by atoms with Gasteiger partial charge in [0.05, 0.1) is 4.92 Å². The van der Waals surface area contributed by atoms with Crippen molar-refractivity contribution in [3.8, 4) is 0 Å². The van der Waals surface area contributed by atoms with Gasteiger partial charge in [-0.15, -0.1) is 0 Å². The monoisotopic (exact) mass is 249 g/mol. The van der Waals surface area contributed by atoms with Gasteiger partial charge in [-0.2, -0.15) is 0 Å². The number of carbonyl (C=O) groups is 1. The second kappa shape index (κ2) is 5.62. The third-order valence-corrected chi connectivity index (χ3v) is 3.15. The van der Waals surface area contributed by atoms with Crippen LogP contribution in [0.25, 0.3) is 0 Å². The van der Waals surface area contributed by atoms with Crippen molar-refractivity contribution in [3.63, 3.8) is 0 Å². The van der Waals surface area contributed by atoms with E-state index in [1.54, 1.807) is 6.07 Å². The van der Waals surface area contributed by atoms with E-state index in [9.17, 15) is 14.9 Å². The molecule has 1 saturated carbocycles. The van der Waals surface area contributed by atoms with Crippen LogP contribution in [-0.4, -0.2) is 17.0 Å². The number of ether oxygens (including phenoxy) is 1. The van der Waals surface area contributed by atoms with Gasteiger partial charge in [-0.1, -0.05) is 18.6 Å². The molecule has 5 heteroatoms. The Labute approximate surface area is 105 Å². The molecule has 1 aromatic rings. The quantitative estimate of drug-likeness (QED) is 0.469. The van der Waals surface area contributed by atoms with Crippen LogP contribution in [0.3, 0.4) is 0 Å². The number of hydrogen-bond donors (Lipinski definition) is 0. The molecule has 18 heavy (non-hydrogen) atoms. The average molecular weight is 249 g/mol. The highest BCUT2D eigenvalue weighted by molar-refractivity contribution is 5.93. The molecule has 0 saturated heterocycles. The molecule has 0 aromatic heterocycles. The van der Waals surface area contributed by atoms with Crippen molar-refractivity contribution in [2.45, 2.75) is 38.2 Å². The molecule has 1 aliphatic carbocycles. The Balaban J connectivity index is 2.10. The third-order valence-electron chi connectivity index (χ3n) is 3.15. The number of nitro groups is 1. The number of esters is 1. The Morgan fingerprint density at radius 2 is 1.89 bits per heavy atom. The molecule has 5 nitrogen and oxygen atoms in total. The normalized spacial score (nSPS) is 16.2. The molecule has 0 spiro atoms. The van der Waals surface area contributed by atoms with Gasteiger partial charge >= 0.3 is 5.97 Å². The molecule has 2 rings (SSSR count). The zero-order chi connectivity index (χ0) is 13.0. The Kier molecular flexibility index (Phi) is 3.92. The van der Waals surface area contributed by atoms with Crippen LogP contribution in [0.5, 0.6) is 0 Å². The molecule has 1 fully saturated rings. The van der Waals surface area contributed by atoms with Gasteiger partial charge in [0, 0.05) is 6.07 Å². The number of nitrogens with zero attached hydrogens (tertiary/aromatic N) is 1. The van der Waals surface area contributed by atoms with Crippen LogP contribution in [0.15, 0.2) is 24.3 Å². The highest BCUT2D eigenvalue weighted by atomic mass is 16.6. The molecule has 0 heterocycles. The van der Waals surface area contributed by atoms with E-state index in [1.807, 2.05) is 0 Å². The highest BCUT2D eigenvalue weighted by Crippen LogP contribution is 2.24. The van der Waals surface area contributed by atoms with Crippen molar-refractivity contribution in [1.82, 2.24) is 0 Å². The molecular weight excluding hydrogens is 234 g/mol. The molecule has 0 radical (unpaired) electrons. The lowest BCUT2D eigenvalue weighted by Crippen LogP contribution is -2.21. The van der Waals surface area contributed by atoms with E-state index in [1.165, 1.54) is 24.6 Å². The molecule has 0 atom stereocenters. The van der Waals surface area contributed by atoms with Crippen LogP contribution in [-0.2, 0) is 4.74 Å². The lowest BCUT2D eigenvalue weighted by molar-refractivity contribution is -0.385. The summed E-state index contributed by atoms with van der Waals surface area (Å²) in [5, 5.41) is 10.8. The number of rotatable bonds is 3. The van der Waals surface area contributed by atoms with E-state index >= 15 is 0 Å². The summed E-state index contributed by atoms with van der Waals surface area (Å²) in [5.41, 5.74) is -0.161. The maximum Gasteiger partial charge on any atom is 0.345 e. The predicted molar refractivity (Wildman–Crippen MR) is 65.4 cm³/mol. The summed E-state index contributed by atoms with van der Waals surface area (Å²) < 4.78 is 5.32. The van der Waals surface area contributed by atoms with Crippen LogP contribution >= 0.6 is 0 Å². The van der Waals surface area contributed by atoms with E-state index in [0.29, 0.717) is 0 Å². The fraction of sp³-hybridized carbons (Fsp3) is 0.462. The lowest BCUT2D eigenvalue weighted by Gasteiger charge is -2.21. The van der Waals surface area contributed by atoms with Crippen LogP contribution in [0.1, 0.15) is 42.5 Å². The largest absolute Gasteiger partial charge is 0.459 e. The molecule has 0 N–H and O–H groups in total. The molecule has 0 aliphatic heterocycles. The third kappa shape index (κ3) is 2.85. The minimum atomic E-state index is -0.589. The summed E-state index contributed by atoms with van der Waals surface area (Å²) in [6.45, 7) is 0. The number of nitro benzene ring substituents is 1. The first-order chi connectivity index (χ1) is 8.68. The summed E-state index contributed by atoms with van der Waals surface area (Å²) in [6.07, 6.45) is 4.88. The molecule has 1 aliphatic rings. The second-order valence-corrected chi connectivity index (χ2v) is 4.44. The number of carbonyl (C=O) groups excluding carboxylic acids is 1. The van der Waals surface area contributed by atoms with E-state index in [0.717, 1.165) is 25.7 Å². The maximum atomic E-state index is 11.9. The fourth-order valence-corrected chi connectivity index (χ4v) is 2.20. The first kappa shape index (κ1) is 12.5. The smallest absolute Gasteiger partial charge is 0.345 e. The molecular formula is C13H15NO4. The Hall–Kier alpha value is -1.91. The van der Waals surface area contributed by atoms with Crippen LogP contribution in [0.2, 0.25) is 0 Å². The van der Waals surface area contributed by atoms with Gasteiger partial charge in [0.2, 0.25) is 0 Å². The minimum absolute atomic E-state index is 0.0353. The predicted octanol–water partition coefficient (Wildman–Crippen LogP) is 3.08. The van der Waals surface area contributed by atoms with Crippen molar-refractivity contribution in [2.75, 3.05) is 0 Å². The van der Waals surface area contributed by atoms with Gasteiger partial charge in [0.15, 0.2) is 0 Å². The first-order valence-electron chi connectivity index (χ1n) is 6.13. The summed E-state index contributed by atoms with van der Waals surface area (Å²) in [5.74, 6) is -0.589. The molecule has 96 valence electrons. The van der Waals surface area contributed by atoms with Crippen LogP contribution < -0.4 is 0 Å². The van der Waals surface area contributed by atoms with Crippen LogP contribution in [0, 0.1) is 10.1 Å². The van der Waals surface area contributed by atoms with Gasteiger partial charge in [-0.25, -0.2) is 4.79 Å². The van der Waals surface area contributed by atoms with Crippen molar-refractivity contribution < 1.29 is 14.5 Å². The SMILES string of the molecule is O=C(OC1CCCCC1)c1ccccc1[N+](=O)[O-]. The topological polar surface area (TPSA) is 69.4 Å². The number of benzene rings is 1.